The Bertz CT molecular complexity index is 599. The average molecular weight is 345 g/mol. The second kappa shape index (κ2) is 4.42. The monoisotopic (exact) mass is 345 g/mol. The molecular weight excluding hydrogens is 318 g/mol. The molecule has 0 aromatic rings. The number of carbonyl (C=O) groups is 2. The van der Waals surface area contributed by atoms with Crippen LogP contribution in [0.4, 0.5) is 9.59 Å². The second-order valence-electron chi connectivity index (χ2n) is 9.52. The van der Waals surface area contributed by atoms with Crippen molar-refractivity contribution in [2.24, 2.45) is 17.8 Å². The molecule has 3 heterocycles. The summed E-state index contributed by atoms with van der Waals surface area (Å²) in [4.78, 5) is 35.5. The lowest BCUT2D eigenvalue weighted by Crippen LogP contribution is -2.69. The predicted octanol–water partition coefficient (Wildman–Crippen LogP) is 1.57. The summed E-state index contributed by atoms with van der Waals surface area (Å²) in [5.74, 6) is 2.60. The van der Waals surface area contributed by atoms with Gasteiger partial charge in [-0.05, 0) is 56.3 Å². The van der Waals surface area contributed by atoms with E-state index >= 15 is 0 Å². The lowest BCUT2D eigenvalue weighted by atomic mass is 9.52. The zero-order valence-corrected chi connectivity index (χ0v) is 15.1. The van der Waals surface area contributed by atoms with Crippen LogP contribution < -0.4 is 0 Å². The van der Waals surface area contributed by atoms with Gasteiger partial charge in [-0.3, -0.25) is 14.7 Å². The average Bonchev–Trinajstić information content (AvgIpc) is 2.97. The van der Waals surface area contributed by atoms with E-state index in [1.165, 1.54) is 38.5 Å². The van der Waals surface area contributed by atoms with Crippen molar-refractivity contribution in [2.45, 2.75) is 56.4 Å². The van der Waals surface area contributed by atoms with E-state index in [2.05, 4.69) is 4.90 Å². The number of hydrogen-bond donors (Lipinski definition) is 0. The van der Waals surface area contributed by atoms with Crippen LogP contribution in [0, 0.1) is 17.8 Å². The Kier molecular flexibility index (Phi) is 2.59. The van der Waals surface area contributed by atoms with Crippen LogP contribution >= 0.6 is 0 Å². The van der Waals surface area contributed by atoms with Gasteiger partial charge in [0.2, 0.25) is 0 Å². The fraction of sp³-hybridized carbons (Fsp3) is 0.889. The Morgan fingerprint density at radius 2 is 1.20 bits per heavy atom. The number of urea groups is 2. The largest absolute Gasteiger partial charge is 0.324 e. The fourth-order valence-corrected chi connectivity index (χ4v) is 7.46. The number of amides is 4. The highest BCUT2D eigenvalue weighted by Gasteiger charge is 2.62. The van der Waals surface area contributed by atoms with Crippen LogP contribution in [0.25, 0.3) is 0 Å². The van der Waals surface area contributed by atoms with E-state index < -0.39 is 0 Å². The lowest BCUT2D eigenvalue weighted by molar-refractivity contribution is -0.141. The maximum absolute atomic E-state index is 12.8. The molecule has 4 amide bonds. The molecule has 7 aliphatic rings. The van der Waals surface area contributed by atoms with E-state index in [0.29, 0.717) is 13.3 Å². The highest BCUT2D eigenvalue weighted by molar-refractivity contribution is 5.85. The minimum atomic E-state index is -0.140. The summed E-state index contributed by atoms with van der Waals surface area (Å²) >= 11 is 0. The van der Waals surface area contributed by atoms with Crippen molar-refractivity contribution in [2.75, 3.05) is 27.4 Å². The Labute approximate surface area is 148 Å². The molecule has 7 heteroatoms. The molecular formula is C18H27N5O2. The minimum Gasteiger partial charge on any atom is -0.303 e. The van der Waals surface area contributed by atoms with Crippen LogP contribution in [0.15, 0.2) is 0 Å². The van der Waals surface area contributed by atoms with Crippen LogP contribution in [-0.2, 0) is 0 Å². The summed E-state index contributed by atoms with van der Waals surface area (Å²) in [5.41, 5.74) is 0.220. The van der Waals surface area contributed by atoms with Gasteiger partial charge in [0.15, 0.2) is 6.17 Å². The first kappa shape index (κ1) is 14.6. The van der Waals surface area contributed by atoms with Gasteiger partial charge >= 0.3 is 12.1 Å². The molecule has 7 rings (SSSR count). The summed E-state index contributed by atoms with van der Waals surface area (Å²) in [5, 5.41) is 0. The molecule has 0 aromatic carbocycles. The Morgan fingerprint density at radius 3 is 1.64 bits per heavy atom. The molecule has 7 fully saturated rings. The fourth-order valence-electron chi connectivity index (χ4n) is 7.46. The van der Waals surface area contributed by atoms with Crippen LogP contribution in [0.5, 0.6) is 0 Å². The van der Waals surface area contributed by atoms with Gasteiger partial charge in [-0.1, -0.05) is 0 Å². The quantitative estimate of drug-likeness (QED) is 0.725. The normalized spacial score (nSPS) is 48.2. The van der Waals surface area contributed by atoms with Crippen LogP contribution in [0.1, 0.15) is 38.5 Å². The molecule has 0 spiro atoms. The molecule has 4 aliphatic carbocycles. The highest BCUT2D eigenvalue weighted by Crippen LogP contribution is 2.58. The molecule has 0 radical (unpaired) electrons. The van der Waals surface area contributed by atoms with Crippen LogP contribution in [0.3, 0.4) is 0 Å². The van der Waals surface area contributed by atoms with Crippen LogP contribution in [-0.4, -0.2) is 81.9 Å². The molecule has 0 atom stereocenters. The molecule has 136 valence electrons. The first-order valence-corrected chi connectivity index (χ1v) is 9.79. The van der Waals surface area contributed by atoms with Crippen molar-refractivity contribution in [1.82, 2.24) is 24.5 Å². The maximum atomic E-state index is 12.8. The zero-order chi connectivity index (χ0) is 17.1. The number of rotatable bonds is 1. The second-order valence-corrected chi connectivity index (χ2v) is 9.52. The molecule has 0 unspecified atom stereocenters. The van der Waals surface area contributed by atoms with Crippen molar-refractivity contribution in [3.8, 4) is 0 Å². The molecule has 3 aliphatic heterocycles. The Hall–Kier alpha value is -1.50. The zero-order valence-electron chi connectivity index (χ0n) is 15.1. The van der Waals surface area contributed by atoms with Crippen molar-refractivity contribution in [3.63, 3.8) is 0 Å². The summed E-state index contributed by atoms with van der Waals surface area (Å²) in [7, 11) is 3.65. The number of carbonyl (C=O) groups excluding carboxylic acids is 2. The molecule has 0 N–H and O–H groups in total. The van der Waals surface area contributed by atoms with Gasteiger partial charge in [0, 0.05) is 19.6 Å². The molecule has 0 aromatic heterocycles. The van der Waals surface area contributed by atoms with E-state index in [1.807, 2.05) is 23.9 Å². The smallest absolute Gasteiger partial charge is 0.303 e. The summed E-state index contributed by atoms with van der Waals surface area (Å²) in [6.45, 7) is 1.38. The third-order valence-electron chi connectivity index (χ3n) is 8.12. The topological polar surface area (TPSA) is 50.3 Å². The predicted molar refractivity (Wildman–Crippen MR) is 90.0 cm³/mol. The summed E-state index contributed by atoms with van der Waals surface area (Å²) in [6, 6.07) is 0.127. The van der Waals surface area contributed by atoms with Gasteiger partial charge < -0.3 is 9.80 Å². The molecule has 25 heavy (non-hydrogen) atoms. The number of likely N-dealkylation sites (N-methyl/N-ethyl adjacent to an activating group) is 2. The maximum Gasteiger partial charge on any atom is 0.324 e. The molecule has 3 saturated heterocycles. The molecule has 4 bridgehead atoms. The van der Waals surface area contributed by atoms with Gasteiger partial charge in [-0.2, -0.15) is 0 Å². The van der Waals surface area contributed by atoms with Gasteiger partial charge in [-0.25, -0.2) is 9.59 Å². The van der Waals surface area contributed by atoms with Crippen molar-refractivity contribution in [3.05, 3.63) is 0 Å². The van der Waals surface area contributed by atoms with Crippen molar-refractivity contribution in [1.29, 1.82) is 0 Å². The van der Waals surface area contributed by atoms with Crippen LogP contribution in [0.2, 0.25) is 0 Å². The van der Waals surface area contributed by atoms with E-state index in [0.717, 1.165) is 17.8 Å². The third-order valence-corrected chi connectivity index (χ3v) is 8.12. The number of nitrogens with zero attached hydrogens (tertiary/aromatic N) is 5. The van der Waals surface area contributed by atoms with Gasteiger partial charge in [0.25, 0.3) is 0 Å². The third kappa shape index (κ3) is 1.66. The van der Waals surface area contributed by atoms with E-state index in [-0.39, 0.29) is 29.9 Å². The highest BCUT2D eigenvalue weighted by atomic mass is 16.2. The Balaban J connectivity index is 1.36. The standard InChI is InChI=1S/C18H27N5O2/c1-19-14-15-22(16(19)24)9-21(10-23(15)17(25)20(14)2)18-6-11-3-12(7-18)5-13(4-11)8-18/h11-15H,3-10H2,1-2H3. The first-order valence-electron chi connectivity index (χ1n) is 9.79. The van der Waals surface area contributed by atoms with E-state index in [1.54, 1.807) is 9.80 Å². The SMILES string of the molecule is CN1C(=O)N2CN(C34CC5CC(CC(C5)C3)C4)CN3C(=O)N(C)C1C23. The molecule has 7 nitrogen and oxygen atoms in total. The lowest BCUT2D eigenvalue weighted by Gasteiger charge is -2.62. The van der Waals surface area contributed by atoms with Crippen molar-refractivity contribution >= 4 is 12.1 Å². The molecule has 4 saturated carbocycles. The first-order chi connectivity index (χ1) is 12.0. The summed E-state index contributed by atoms with van der Waals surface area (Å²) in [6.07, 6.45) is 7.78. The van der Waals surface area contributed by atoms with Gasteiger partial charge in [0.05, 0.1) is 13.3 Å². The van der Waals surface area contributed by atoms with Gasteiger partial charge in [0.1, 0.15) is 6.17 Å². The van der Waals surface area contributed by atoms with E-state index in [9.17, 15) is 9.59 Å². The Morgan fingerprint density at radius 1 is 0.760 bits per heavy atom. The van der Waals surface area contributed by atoms with Crippen molar-refractivity contribution < 1.29 is 9.59 Å². The summed E-state index contributed by atoms with van der Waals surface area (Å²) < 4.78 is 0. The van der Waals surface area contributed by atoms with E-state index in [4.69, 9.17) is 0 Å². The van der Waals surface area contributed by atoms with Gasteiger partial charge in [-0.15, -0.1) is 0 Å². The minimum absolute atomic E-state index is 0.0637. The number of hydrogen-bond acceptors (Lipinski definition) is 3.